The molecule has 0 aromatic carbocycles. The number of methoxy groups -OCH3 is 1. The Hall–Kier alpha value is -2.29. The van der Waals surface area contributed by atoms with Crippen LogP contribution in [0.2, 0.25) is 0 Å². The molecule has 0 aliphatic carbocycles. The molecular weight excluding hydrogens is 356 g/mol. The van der Waals surface area contributed by atoms with Crippen LogP contribution in [-0.2, 0) is 20.9 Å². The quantitative estimate of drug-likeness (QED) is 0.561. The second kappa shape index (κ2) is 8.39. The molecule has 1 aliphatic rings. The molecule has 2 aromatic heterocycles. The van der Waals surface area contributed by atoms with Crippen molar-refractivity contribution in [2.45, 2.75) is 31.5 Å². The van der Waals surface area contributed by atoms with Crippen LogP contribution in [0.25, 0.3) is 11.6 Å². The van der Waals surface area contributed by atoms with Crippen LogP contribution in [0.3, 0.4) is 0 Å². The SMILES string of the molecule is CCn1c(SCC(=O)N2CCC(C(=O)OC)CC2)nnc1-c1ccco1. The summed E-state index contributed by atoms with van der Waals surface area (Å²) in [6.45, 7) is 3.85. The number of ether oxygens (including phenoxy) is 1. The van der Waals surface area contributed by atoms with Crippen molar-refractivity contribution in [2.24, 2.45) is 5.92 Å². The summed E-state index contributed by atoms with van der Waals surface area (Å²) < 4.78 is 12.1. The molecule has 9 heteroatoms. The van der Waals surface area contributed by atoms with E-state index in [9.17, 15) is 9.59 Å². The van der Waals surface area contributed by atoms with Crippen LogP contribution in [0, 0.1) is 5.92 Å². The number of nitrogens with zero attached hydrogens (tertiary/aromatic N) is 4. The number of hydrogen-bond acceptors (Lipinski definition) is 7. The van der Waals surface area contributed by atoms with E-state index in [2.05, 4.69) is 10.2 Å². The van der Waals surface area contributed by atoms with Crippen molar-refractivity contribution in [3.05, 3.63) is 18.4 Å². The van der Waals surface area contributed by atoms with E-state index >= 15 is 0 Å². The van der Waals surface area contributed by atoms with Crippen molar-refractivity contribution in [2.75, 3.05) is 26.0 Å². The topological polar surface area (TPSA) is 90.5 Å². The third-order valence-corrected chi connectivity index (χ3v) is 5.43. The Kier molecular flexibility index (Phi) is 5.97. The molecule has 1 aliphatic heterocycles. The molecule has 2 aromatic rings. The molecule has 3 heterocycles. The highest BCUT2D eigenvalue weighted by molar-refractivity contribution is 7.99. The Bertz CT molecular complexity index is 751. The fourth-order valence-electron chi connectivity index (χ4n) is 3.02. The van der Waals surface area contributed by atoms with Gasteiger partial charge in [-0.1, -0.05) is 11.8 Å². The second-order valence-corrected chi connectivity index (χ2v) is 6.94. The molecule has 0 N–H and O–H groups in total. The smallest absolute Gasteiger partial charge is 0.308 e. The van der Waals surface area contributed by atoms with Gasteiger partial charge in [0.15, 0.2) is 16.7 Å². The second-order valence-electron chi connectivity index (χ2n) is 5.99. The first kappa shape index (κ1) is 18.5. The Balaban J connectivity index is 1.56. The van der Waals surface area contributed by atoms with E-state index in [0.717, 1.165) is 0 Å². The van der Waals surface area contributed by atoms with E-state index in [-0.39, 0.29) is 17.8 Å². The Morgan fingerprint density at radius 3 is 2.73 bits per heavy atom. The normalized spacial score (nSPS) is 15.2. The van der Waals surface area contributed by atoms with Crippen LogP contribution in [-0.4, -0.2) is 57.5 Å². The number of thioether (sulfide) groups is 1. The van der Waals surface area contributed by atoms with Gasteiger partial charge in [-0.15, -0.1) is 10.2 Å². The maximum atomic E-state index is 12.5. The van der Waals surface area contributed by atoms with Gasteiger partial charge in [-0.05, 0) is 31.9 Å². The first-order chi connectivity index (χ1) is 12.6. The van der Waals surface area contributed by atoms with Gasteiger partial charge in [0.25, 0.3) is 0 Å². The van der Waals surface area contributed by atoms with Crippen molar-refractivity contribution in [1.29, 1.82) is 0 Å². The molecule has 0 spiro atoms. The number of furan rings is 1. The Morgan fingerprint density at radius 1 is 1.35 bits per heavy atom. The zero-order valence-corrected chi connectivity index (χ0v) is 15.7. The fourth-order valence-corrected chi connectivity index (χ4v) is 3.92. The summed E-state index contributed by atoms with van der Waals surface area (Å²) in [5.74, 6) is 1.36. The number of carbonyl (C=O) groups is 2. The van der Waals surface area contributed by atoms with Crippen LogP contribution in [0.4, 0.5) is 0 Å². The van der Waals surface area contributed by atoms with Crippen LogP contribution in [0.15, 0.2) is 28.0 Å². The number of rotatable bonds is 6. The van der Waals surface area contributed by atoms with Crippen molar-refractivity contribution in [3.8, 4) is 11.6 Å². The maximum absolute atomic E-state index is 12.5. The molecule has 0 radical (unpaired) electrons. The molecule has 0 bridgehead atoms. The molecule has 0 atom stereocenters. The molecule has 1 amide bonds. The molecule has 140 valence electrons. The van der Waals surface area contributed by atoms with Crippen molar-refractivity contribution >= 4 is 23.6 Å². The molecule has 26 heavy (non-hydrogen) atoms. The highest BCUT2D eigenvalue weighted by Crippen LogP contribution is 2.25. The summed E-state index contributed by atoms with van der Waals surface area (Å²) in [6, 6.07) is 3.64. The third kappa shape index (κ3) is 3.92. The lowest BCUT2D eigenvalue weighted by molar-refractivity contribution is -0.148. The lowest BCUT2D eigenvalue weighted by Crippen LogP contribution is -2.41. The zero-order chi connectivity index (χ0) is 18.5. The predicted molar refractivity (Wildman–Crippen MR) is 95.4 cm³/mol. The molecular formula is C17H22N4O4S. The minimum absolute atomic E-state index is 0.0449. The lowest BCUT2D eigenvalue weighted by atomic mass is 9.97. The minimum atomic E-state index is -0.187. The van der Waals surface area contributed by atoms with Crippen molar-refractivity contribution in [1.82, 2.24) is 19.7 Å². The van der Waals surface area contributed by atoms with E-state index in [1.807, 2.05) is 17.6 Å². The van der Waals surface area contributed by atoms with Gasteiger partial charge in [-0.2, -0.15) is 0 Å². The molecule has 1 saturated heterocycles. The van der Waals surface area contributed by atoms with Crippen LogP contribution < -0.4 is 0 Å². The number of piperidine rings is 1. The first-order valence-electron chi connectivity index (χ1n) is 8.59. The minimum Gasteiger partial charge on any atom is -0.469 e. The molecule has 1 fully saturated rings. The average Bonchev–Trinajstić information content (AvgIpc) is 3.34. The van der Waals surface area contributed by atoms with Crippen LogP contribution in [0.1, 0.15) is 19.8 Å². The van der Waals surface area contributed by atoms with E-state index in [1.54, 1.807) is 17.2 Å². The summed E-state index contributed by atoms with van der Waals surface area (Å²) in [6.07, 6.45) is 2.89. The molecule has 0 unspecified atom stereocenters. The third-order valence-electron chi connectivity index (χ3n) is 4.48. The number of hydrogen-bond donors (Lipinski definition) is 0. The number of likely N-dealkylation sites (tertiary alicyclic amines) is 1. The standard InChI is InChI=1S/C17H22N4O4S/c1-3-21-15(13-5-4-10-25-13)18-19-17(21)26-11-14(22)20-8-6-12(7-9-20)16(23)24-2/h4-5,10,12H,3,6-9,11H2,1-2H3. The summed E-state index contributed by atoms with van der Waals surface area (Å²) >= 11 is 1.37. The zero-order valence-electron chi connectivity index (χ0n) is 14.9. The number of carbonyl (C=O) groups excluding carboxylic acids is 2. The van der Waals surface area contributed by atoms with Gasteiger partial charge in [0.2, 0.25) is 5.91 Å². The Labute approximate surface area is 155 Å². The van der Waals surface area contributed by atoms with E-state index in [0.29, 0.717) is 55.0 Å². The molecule has 0 saturated carbocycles. The fraction of sp³-hybridized carbons (Fsp3) is 0.529. The summed E-state index contributed by atoms with van der Waals surface area (Å²) in [5.41, 5.74) is 0. The highest BCUT2D eigenvalue weighted by Gasteiger charge is 2.28. The summed E-state index contributed by atoms with van der Waals surface area (Å²) in [4.78, 5) is 25.8. The molecule has 3 rings (SSSR count). The van der Waals surface area contributed by atoms with E-state index < -0.39 is 0 Å². The van der Waals surface area contributed by atoms with E-state index in [1.165, 1.54) is 18.9 Å². The van der Waals surface area contributed by atoms with Gasteiger partial charge < -0.3 is 14.1 Å². The van der Waals surface area contributed by atoms with Crippen molar-refractivity contribution < 1.29 is 18.7 Å². The van der Waals surface area contributed by atoms with Crippen LogP contribution >= 0.6 is 11.8 Å². The van der Waals surface area contributed by atoms with Gasteiger partial charge >= 0.3 is 5.97 Å². The lowest BCUT2D eigenvalue weighted by Gasteiger charge is -2.30. The number of aromatic nitrogens is 3. The maximum Gasteiger partial charge on any atom is 0.308 e. The summed E-state index contributed by atoms with van der Waals surface area (Å²) in [5, 5.41) is 9.06. The monoisotopic (exact) mass is 378 g/mol. The van der Waals surface area contributed by atoms with E-state index in [4.69, 9.17) is 9.15 Å². The number of amides is 1. The summed E-state index contributed by atoms with van der Waals surface area (Å²) in [7, 11) is 1.40. The van der Waals surface area contributed by atoms with Gasteiger partial charge in [0, 0.05) is 19.6 Å². The van der Waals surface area contributed by atoms with Gasteiger partial charge in [0.05, 0.1) is 25.0 Å². The van der Waals surface area contributed by atoms with Crippen LogP contribution in [0.5, 0.6) is 0 Å². The molecule has 8 nitrogen and oxygen atoms in total. The van der Waals surface area contributed by atoms with Crippen molar-refractivity contribution in [3.63, 3.8) is 0 Å². The van der Waals surface area contributed by atoms with Gasteiger partial charge in [0.1, 0.15) is 0 Å². The number of esters is 1. The first-order valence-corrected chi connectivity index (χ1v) is 9.58. The van der Waals surface area contributed by atoms with Gasteiger partial charge in [-0.25, -0.2) is 0 Å². The highest BCUT2D eigenvalue weighted by atomic mass is 32.2. The largest absolute Gasteiger partial charge is 0.469 e. The Morgan fingerprint density at radius 2 is 2.12 bits per heavy atom. The average molecular weight is 378 g/mol. The van der Waals surface area contributed by atoms with Gasteiger partial charge in [-0.3, -0.25) is 14.2 Å². The predicted octanol–water partition coefficient (Wildman–Crippen LogP) is 2.06.